The summed E-state index contributed by atoms with van der Waals surface area (Å²) in [6.07, 6.45) is -0.564. The van der Waals surface area contributed by atoms with Crippen molar-refractivity contribution in [3.05, 3.63) is 57.2 Å². The van der Waals surface area contributed by atoms with E-state index in [1.165, 1.54) is 18.4 Å². The lowest BCUT2D eigenvalue weighted by molar-refractivity contribution is 0.0609. The fourth-order valence-electron chi connectivity index (χ4n) is 1.60. The Kier molecular flexibility index (Phi) is 3.94. The first-order chi connectivity index (χ1) is 8.22. The molecule has 17 heavy (non-hydrogen) atoms. The first kappa shape index (κ1) is 12.3. The number of hydrogen-bond acceptors (Lipinski definition) is 3. The summed E-state index contributed by atoms with van der Waals surface area (Å²) in [7, 11) is 1.53. The molecule has 1 unspecified atom stereocenters. The lowest BCUT2D eigenvalue weighted by Crippen LogP contribution is -2.13. The average molecular weight is 267 g/mol. The van der Waals surface area contributed by atoms with Crippen molar-refractivity contribution >= 4 is 28.7 Å². The van der Waals surface area contributed by atoms with E-state index in [0.717, 1.165) is 5.56 Å². The number of rotatable bonds is 4. The fraction of sp³-hybridized carbons (Fsp3) is 0.154. The third kappa shape index (κ3) is 2.75. The largest absolute Gasteiger partial charge is 0.368 e. The zero-order chi connectivity index (χ0) is 12.3. The van der Waals surface area contributed by atoms with Gasteiger partial charge in [-0.15, -0.1) is 11.3 Å². The number of ketones is 1. The van der Waals surface area contributed by atoms with Crippen LogP contribution in [0.15, 0.2) is 42.5 Å². The quantitative estimate of drug-likeness (QED) is 0.783. The topological polar surface area (TPSA) is 26.3 Å². The number of carbonyl (C=O) groups excluding carboxylic acids is 1. The van der Waals surface area contributed by atoms with Crippen LogP contribution >= 0.6 is 22.9 Å². The fourth-order valence-corrected chi connectivity index (χ4v) is 2.60. The molecule has 2 rings (SSSR count). The third-order valence-corrected chi connectivity index (χ3v) is 3.64. The van der Waals surface area contributed by atoms with Crippen LogP contribution in [0, 0.1) is 0 Å². The zero-order valence-electron chi connectivity index (χ0n) is 9.22. The Bertz CT molecular complexity index is 507. The van der Waals surface area contributed by atoms with Crippen LogP contribution < -0.4 is 0 Å². The lowest BCUT2D eigenvalue weighted by Gasteiger charge is -2.13. The number of methoxy groups -OCH3 is 1. The van der Waals surface area contributed by atoms with Crippen molar-refractivity contribution in [1.29, 1.82) is 0 Å². The van der Waals surface area contributed by atoms with E-state index >= 15 is 0 Å². The molecule has 1 aromatic heterocycles. The minimum atomic E-state index is -0.564. The van der Waals surface area contributed by atoms with E-state index in [2.05, 4.69) is 0 Å². The van der Waals surface area contributed by atoms with Crippen molar-refractivity contribution in [3.63, 3.8) is 0 Å². The van der Waals surface area contributed by atoms with Gasteiger partial charge in [0.15, 0.2) is 0 Å². The van der Waals surface area contributed by atoms with E-state index in [1.807, 2.05) is 30.3 Å². The smallest absolute Gasteiger partial charge is 0.206 e. The van der Waals surface area contributed by atoms with Crippen LogP contribution in [0.5, 0.6) is 0 Å². The lowest BCUT2D eigenvalue weighted by atomic mass is 10.0. The number of thiophene rings is 1. The SMILES string of the molecule is COC(C(=O)c1ccc(Cl)s1)c1ccccc1. The van der Waals surface area contributed by atoms with Gasteiger partial charge in [-0.3, -0.25) is 4.79 Å². The average Bonchev–Trinajstić information content (AvgIpc) is 2.78. The minimum Gasteiger partial charge on any atom is -0.368 e. The molecule has 1 aromatic carbocycles. The molecule has 0 amide bonds. The summed E-state index contributed by atoms with van der Waals surface area (Å²) >= 11 is 7.09. The summed E-state index contributed by atoms with van der Waals surface area (Å²) in [4.78, 5) is 12.8. The van der Waals surface area contributed by atoms with Crippen molar-refractivity contribution in [2.45, 2.75) is 6.10 Å². The van der Waals surface area contributed by atoms with Gasteiger partial charge in [0.1, 0.15) is 6.10 Å². The van der Waals surface area contributed by atoms with Gasteiger partial charge in [0.25, 0.3) is 0 Å². The molecule has 4 heteroatoms. The van der Waals surface area contributed by atoms with Crippen molar-refractivity contribution in [2.24, 2.45) is 0 Å². The molecule has 0 bridgehead atoms. The van der Waals surface area contributed by atoms with Gasteiger partial charge < -0.3 is 4.74 Å². The van der Waals surface area contributed by atoms with E-state index in [1.54, 1.807) is 12.1 Å². The van der Waals surface area contributed by atoms with Gasteiger partial charge in [-0.1, -0.05) is 41.9 Å². The predicted octanol–water partition coefficient (Wildman–Crippen LogP) is 3.97. The molecule has 0 aliphatic heterocycles. The monoisotopic (exact) mass is 266 g/mol. The van der Waals surface area contributed by atoms with Crippen LogP contribution in [0.3, 0.4) is 0 Å². The molecule has 0 spiro atoms. The highest BCUT2D eigenvalue weighted by atomic mass is 35.5. The van der Waals surface area contributed by atoms with Gasteiger partial charge >= 0.3 is 0 Å². The molecule has 0 radical (unpaired) electrons. The maximum atomic E-state index is 12.2. The minimum absolute atomic E-state index is 0.0596. The number of hydrogen-bond donors (Lipinski definition) is 0. The molecular formula is C13H11ClO2S. The van der Waals surface area contributed by atoms with Gasteiger partial charge in [0.05, 0.1) is 9.21 Å². The molecule has 0 aliphatic rings. The summed E-state index contributed by atoms with van der Waals surface area (Å²) in [5.74, 6) is -0.0596. The Morgan fingerprint density at radius 3 is 2.47 bits per heavy atom. The van der Waals surface area contributed by atoms with Gasteiger partial charge in [0.2, 0.25) is 5.78 Å². The van der Waals surface area contributed by atoms with E-state index in [-0.39, 0.29) is 5.78 Å². The maximum Gasteiger partial charge on any atom is 0.206 e. The van der Waals surface area contributed by atoms with Crippen LogP contribution in [-0.4, -0.2) is 12.9 Å². The number of halogens is 1. The highest BCUT2D eigenvalue weighted by Gasteiger charge is 2.22. The first-order valence-electron chi connectivity index (χ1n) is 5.09. The van der Waals surface area contributed by atoms with E-state index in [9.17, 15) is 4.79 Å². The third-order valence-electron chi connectivity index (χ3n) is 2.39. The molecule has 0 fully saturated rings. The van der Waals surface area contributed by atoms with E-state index < -0.39 is 6.10 Å². The number of benzene rings is 1. The number of ether oxygens (including phenoxy) is 1. The normalized spacial score (nSPS) is 12.4. The van der Waals surface area contributed by atoms with Crippen LogP contribution in [0.1, 0.15) is 21.3 Å². The summed E-state index contributed by atoms with van der Waals surface area (Å²) in [6.45, 7) is 0. The van der Waals surface area contributed by atoms with E-state index in [0.29, 0.717) is 9.21 Å². The molecule has 0 N–H and O–H groups in total. The summed E-state index contributed by atoms with van der Waals surface area (Å²) in [6, 6.07) is 12.9. The molecule has 2 nitrogen and oxygen atoms in total. The highest BCUT2D eigenvalue weighted by Crippen LogP contribution is 2.28. The molecule has 0 aliphatic carbocycles. The van der Waals surface area contributed by atoms with Crippen LogP contribution in [0.2, 0.25) is 4.34 Å². The summed E-state index contributed by atoms with van der Waals surface area (Å²) in [5, 5.41) is 0. The van der Waals surface area contributed by atoms with Gasteiger partial charge in [-0.05, 0) is 17.7 Å². The molecule has 1 heterocycles. The Balaban J connectivity index is 2.28. The maximum absolute atomic E-state index is 12.2. The number of carbonyl (C=O) groups is 1. The second-order valence-corrected chi connectivity index (χ2v) is 5.21. The zero-order valence-corrected chi connectivity index (χ0v) is 10.8. The predicted molar refractivity (Wildman–Crippen MR) is 69.9 cm³/mol. The van der Waals surface area contributed by atoms with Crippen LogP contribution in [-0.2, 0) is 4.74 Å². The molecule has 88 valence electrons. The van der Waals surface area contributed by atoms with E-state index in [4.69, 9.17) is 16.3 Å². The molecule has 0 saturated heterocycles. The Hall–Kier alpha value is -1.16. The summed E-state index contributed by atoms with van der Waals surface area (Å²) < 4.78 is 5.88. The Labute approximate surface area is 109 Å². The van der Waals surface area contributed by atoms with Gasteiger partial charge in [-0.2, -0.15) is 0 Å². The molecular weight excluding hydrogens is 256 g/mol. The standard InChI is InChI=1S/C13H11ClO2S/c1-16-13(9-5-3-2-4-6-9)12(15)10-7-8-11(14)17-10/h2-8,13H,1H3. The summed E-state index contributed by atoms with van der Waals surface area (Å²) in [5.41, 5.74) is 0.851. The highest BCUT2D eigenvalue weighted by molar-refractivity contribution is 7.18. The van der Waals surface area contributed by atoms with Crippen molar-refractivity contribution < 1.29 is 9.53 Å². The second-order valence-electron chi connectivity index (χ2n) is 3.49. The molecule has 0 saturated carbocycles. The Morgan fingerprint density at radius 2 is 1.94 bits per heavy atom. The first-order valence-corrected chi connectivity index (χ1v) is 6.29. The van der Waals surface area contributed by atoms with Crippen molar-refractivity contribution in [2.75, 3.05) is 7.11 Å². The van der Waals surface area contributed by atoms with Crippen LogP contribution in [0.25, 0.3) is 0 Å². The van der Waals surface area contributed by atoms with Crippen molar-refractivity contribution in [1.82, 2.24) is 0 Å². The number of Topliss-reactive ketones (excluding diaryl/α,β-unsaturated/α-hetero) is 1. The van der Waals surface area contributed by atoms with Gasteiger partial charge in [0, 0.05) is 7.11 Å². The Morgan fingerprint density at radius 1 is 1.24 bits per heavy atom. The van der Waals surface area contributed by atoms with Gasteiger partial charge in [-0.25, -0.2) is 0 Å². The van der Waals surface area contributed by atoms with Crippen molar-refractivity contribution in [3.8, 4) is 0 Å². The molecule has 1 atom stereocenters. The molecule has 2 aromatic rings. The van der Waals surface area contributed by atoms with Crippen LogP contribution in [0.4, 0.5) is 0 Å². The second kappa shape index (κ2) is 5.45.